The van der Waals surface area contributed by atoms with E-state index in [9.17, 15) is 18.0 Å². The van der Waals surface area contributed by atoms with E-state index >= 15 is 0 Å². The number of hydrogen-bond donors (Lipinski definition) is 3. The van der Waals surface area contributed by atoms with E-state index in [1.165, 1.54) is 31.3 Å². The fourth-order valence-corrected chi connectivity index (χ4v) is 3.08. The summed E-state index contributed by atoms with van der Waals surface area (Å²) in [6.07, 6.45) is 1.20. The van der Waals surface area contributed by atoms with Crippen LogP contribution in [0, 0.1) is 17.1 Å². The van der Waals surface area contributed by atoms with Crippen molar-refractivity contribution < 1.29 is 22.7 Å². The fourth-order valence-electron chi connectivity index (χ4n) is 3.08. The molecule has 0 aliphatic carbocycles. The summed E-state index contributed by atoms with van der Waals surface area (Å²) in [6, 6.07) is 6.88. The molecule has 1 aromatic heterocycles. The second-order valence-corrected chi connectivity index (χ2v) is 7.24. The summed E-state index contributed by atoms with van der Waals surface area (Å²) < 4.78 is 46.5. The van der Waals surface area contributed by atoms with Gasteiger partial charge in [0.2, 0.25) is 0 Å². The van der Waals surface area contributed by atoms with Crippen LogP contribution < -0.4 is 16.8 Å². The van der Waals surface area contributed by atoms with Gasteiger partial charge in [0.1, 0.15) is 36.6 Å². The van der Waals surface area contributed by atoms with Gasteiger partial charge in [0, 0.05) is 17.4 Å². The van der Waals surface area contributed by atoms with Gasteiger partial charge in [-0.3, -0.25) is 9.79 Å². The number of hydrogen-bond acceptors (Lipinski definition) is 7. The van der Waals surface area contributed by atoms with Crippen LogP contribution in [0.3, 0.4) is 0 Å². The number of nitriles is 1. The highest BCUT2D eigenvalue weighted by Crippen LogP contribution is 2.36. The Labute approximate surface area is 175 Å². The number of nitrogen functional groups attached to an aromatic ring is 1. The number of pyridine rings is 1. The van der Waals surface area contributed by atoms with Gasteiger partial charge in [-0.1, -0.05) is 0 Å². The lowest BCUT2D eigenvalue weighted by Crippen LogP contribution is -2.56. The zero-order valence-corrected chi connectivity index (χ0v) is 16.5. The van der Waals surface area contributed by atoms with Gasteiger partial charge < -0.3 is 21.5 Å². The maximum atomic E-state index is 14.6. The van der Waals surface area contributed by atoms with Crippen molar-refractivity contribution in [3.05, 3.63) is 53.1 Å². The molecule has 1 aliphatic rings. The molecule has 0 saturated carbocycles. The standard InChI is InChI=1S/C20H19F3N6O2/c1-19(10-31-20(8-21,9-22)18(26)29-19)13-5-12(2-3-14(13)23)28-17(30)16-15(25)4-11(6-24)7-27-16/h2-5,7H,8-10,25H2,1H3,(H2,26,29)(H,28,30)/t19-/m0/s1. The second kappa shape index (κ2) is 8.23. The summed E-state index contributed by atoms with van der Waals surface area (Å²) in [7, 11) is 0. The highest BCUT2D eigenvalue weighted by atomic mass is 19.1. The number of ether oxygens (including phenoxy) is 1. The summed E-state index contributed by atoms with van der Waals surface area (Å²) in [5, 5.41) is 11.4. The molecule has 1 aromatic carbocycles. The van der Waals surface area contributed by atoms with Gasteiger partial charge in [-0.05, 0) is 31.2 Å². The van der Waals surface area contributed by atoms with Crippen LogP contribution in [-0.2, 0) is 10.3 Å². The lowest BCUT2D eigenvalue weighted by atomic mass is 9.89. The number of rotatable bonds is 5. The molecule has 8 nitrogen and oxygen atoms in total. The topological polar surface area (TPSA) is 139 Å². The molecule has 2 heterocycles. The van der Waals surface area contributed by atoms with Crippen LogP contribution in [0.2, 0.25) is 0 Å². The van der Waals surface area contributed by atoms with Gasteiger partial charge in [0.25, 0.3) is 5.91 Å². The smallest absolute Gasteiger partial charge is 0.276 e. The number of benzene rings is 1. The Kier molecular flexibility index (Phi) is 5.85. The number of amides is 1. The number of nitrogens with zero attached hydrogens (tertiary/aromatic N) is 3. The van der Waals surface area contributed by atoms with Crippen molar-refractivity contribution in [2.24, 2.45) is 10.7 Å². The molecule has 31 heavy (non-hydrogen) atoms. The SMILES string of the molecule is C[C@@]1(c2cc(NC(=O)c3ncc(C#N)cc3N)ccc2F)COC(CF)(CF)C(N)=N1. The highest BCUT2D eigenvalue weighted by Gasteiger charge is 2.45. The second-order valence-electron chi connectivity index (χ2n) is 7.24. The number of alkyl halides is 2. The number of nitrogens with two attached hydrogens (primary N) is 2. The Balaban J connectivity index is 1.92. The lowest BCUT2D eigenvalue weighted by Gasteiger charge is -2.39. The van der Waals surface area contributed by atoms with Crippen LogP contribution in [0.5, 0.6) is 0 Å². The predicted molar refractivity (Wildman–Crippen MR) is 107 cm³/mol. The van der Waals surface area contributed by atoms with E-state index < -0.39 is 42.0 Å². The number of aliphatic imine (C=N–C) groups is 1. The molecule has 11 heteroatoms. The summed E-state index contributed by atoms with van der Waals surface area (Å²) >= 11 is 0. The molecular formula is C20H19F3N6O2. The summed E-state index contributed by atoms with van der Waals surface area (Å²) in [5.41, 5.74) is 8.40. The van der Waals surface area contributed by atoms with Gasteiger partial charge in [0.05, 0.1) is 17.9 Å². The van der Waals surface area contributed by atoms with Gasteiger partial charge in [0.15, 0.2) is 11.3 Å². The third-order valence-corrected chi connectivity index (χ3v) is 4.96. The highest BCUT2D eigenvalue weighted by molar-refractivity contribution is 6.06. The maximum Gasteiger partial charge on any atom is 0.276 e. The summed E-state index contributed by atoms with van der Waals surface area (Å²) in [4.78, 5) is 20.5. The van der Waals surface area contributed by atoms with Crippen molar-refractivity contribution in [1.82, 2.24) is 4.98 Å². The first-order valence-electron chi connectivity index (χ1n) is 9.07. The van der Waals surface area contributed by atoms with E-state index in [2.05, 4.69) is 15.3 Å². The number of amidine groups is 1. The minimum atomic E-state index is -1.99. The van der Waals surface area contributed by atoms with Crippen LogP contribution in [0.25, 0.3) is 0 Å². The van der Waals surface area contributed by atoms with Crippen molar-refractivity contribution in [3.63, 3.8) is 0 Å². The monoisotopic (exact) mass is 432 g/mol. The maximum absolute atomic E-state index is 14.6. The van der Waals surface area contributed by atoms with Gasteiger partial charge in [-0.2, -0.15) is 5.26 Å². The molecule has 0 radical (unpaired) electrons. The van der Waals surface area contributed by atoms with Gasteiger partial charge in [-0.15, -0.1) is 0 Å². The quantitative estimate of drug-likeness (QED) is 0.662. The Morgan fingerprint density at radius 3 is 2.61 bits per heavy atom. The van der Waals surface area contributed by atoms with Crippen LogP contribution in [0.1, 0.15) is 28.5 Å². The minimum Gasteiger partial charge on any atom is -0.397 e. The molecule has 2 aromatic rings. The molecule has 0 fully saturated rings. The van der Waals surface area contributed by atoms with Crippen molar-refractivity contribution in [2.45, 2.75) is 18.1 Å². The number of nitrogens with one attached hydrogen (secondary N) is 1. The van der Waals surface area contributed by atoms with Crippen LogP contribution >= 0.6 is 0 Å². The van der Waals surface area contributed by atoms with Crippen LogP contribution in [0.4, 0.5) is 24.5 Å². The molecule has 0 saturated heterocycles. The molecule has 5 N–H and O–H groups in total. The summed E-state index contributed by atoms with van der Waals surface area (Å²) in [5.74, 6) is -1.78. The predicted octanol–water partition coefficient (Wildman–Crippen LogP) is 2.21. The van der Waals surface area contributed by atoms with Crippen molar-refractivity contribution >= 4 is 23.1 Å². The third kappa shape index (κ3) is 4.02. The van der Waals surface area contributed by atoms with Gasteiger partial charge in [-0.25, -0.2) is 18.2 Å². The first kappa shape index (κ1) is 22.0. The zero-order chi connectivity index (χ0) is 22.8. The largest absolute Gasteiger partial charge is 0.397 e. The van der Waals surface area contributed by atoms with E-state index in [0.29, 0.717) is 0 Å². The van der Waals surface area contributed by atoms with E-state index in [1.807, 2.05) is 6.07 Å². The van der Waals surface area contributed by atoms with Crippen LogP contribution in [0.15, 0.2) is 35.5 Å². The number of halogens is 3. The molecule has 1 amide bonds. The van der Waals surface area contributed by atoms with Crippen molar-refractivity contribution in [2.75, 3.05) is 31.0 Å². The lowest BCUT2D eigenvalue weighted by molar-refractivity contribution is -0.0575. The molecular weight excluding hydrogens is 413 g/mol. The average Bonchev–Trinajstić information content (AvgIpc) is 2.75. The molecule has 0 unspecified atom stereocenters. The first-order chi connectivity index (χ1) is 14.7. The van der Waals surface area contributed by atoms with E-state index in [1.54, 1.807) is 0 Å². The molecule has 3 rings (SSSR count). The molecule has 1 aliphatic heterocycles. The Hall–Kier alpha value is -3.65. The summed E-state index contributed by atoms with van der Waals surface area (Å²) in [6.45, 7) is -1.27. The minimum absolute atomic E-state index is 0.000302. The number of aromatic nitrogens is 1. The number of carbonyl (C=O) groups is 1. The zero-order valence-electron chi connectivity index (χ0n) is 16.5. The molecule has 162 valence electrons. The number of anilines is 2. The van der Waals surface area contributed by atoms with Crippen LogP contribution in [-0.4, -0.2) is 42.3 Å². The first-order valence-corrected chi connectivity index (χ1v) is 9.07. The van der Waals surface area contributed by atoms with Crippen molar-refractivity contribution in [1.29, 1.82) is 5.26 Å². The molecule has 1 atom stereocenters. The van der Waals surface area contributed by atoms with E-state index in [4.69, 9.17) is 21.5 Å². The fraction of sp³-hybridized carbons (Fsp3) is 0.300. The normalized spacial score (nSPS) is 19.9. The Morgan fingerprint density at radius 1 is 1.32 bits per heavy atom. The molecule has 0 bridgehead atoms. The van der Waals surface area contributed by atoms with Crippen molar-refractivity contribution in [3.8, 4) is 6.07 Å². The average molecular weight is 432 g/mol. The van der Waals surface area contributed by atoms with E-state index in [0.717, 1.165) is 6.07 Å². The number of carbonyl (C=O) groups excluding carboxylic acids is 1. The third-order valence-electron chi connectivity index (χ3n) is 4.96. The van der Waals surface area contributed by atoms with E-state index in [-0.39, 0.29) is 34.8 Å². The molecule has 0 spiro atoms. The Bertz CT molecular complexity index is 1100. The van der Waals surface area contributed by atoms with Gasteiger partial charge >= 0.3 is 0 Å². The Morgan fingerprint density at radius 2 is 2.03 bits per heavy atom.